The number of thioether (sulfide) groups is 1. The summed E-state index contributed by atoms with van der Waals surface area (Å²) in [5, 5.41) is 4.86. The van der Waals surface area contributed by atoms with E-state index in [0.717, 1.165) is 16.7 Å². The molecule has 0 aromatic heterocycles. The highest BCUT2D eigenvalue weighted by Crippen LogP contribution is 2.37. The van der Waals surface area contributed by atoms with E-state index in [9.17, 15) is 19.2 Å². The van der Waals surface area contributed by atoms with Gasteiger partial charge in [-0.25, -0.2) is 0 Å². The number of amides is 4. The van der Waals surface area contributed by atoms with Gasteiger partial charge in [0.25, 0.3) is 17.1 Å². The number of rotatable bonds is 10. The molecule has 0 unspecified atom stereocenters. The van der Waals surface area contributed by atoms with Gasteiger partial charge in [0.2, 0.25) is 5.91 Å². The van der Waals surface area contributed by atoms with Gasteiger partial charge in [0, 0.05) is 11.4 Å². The Labute approximate surface area is 248 Å². The van der Waals surface area contributed by atoms with Crippen LogP contribution in [0.4, 0.5) is 16.2 Å². The van der Waals surface area contributed by atoms with Gasteiger partial charge in [-0.05, 0) is 94.5 Å². The Morgan fingerprint density at radius 2 is 1.60 bits per heavy atom. The normalized spacial score (nSPS) is 13.8. The van der Waals surface area contributed by atoms with Crippen LogP contribution in [0, 0.1) is 3.57 Å². The standard InChI is InChI=1S/C28H24IN3O7S/c1-37-20-10-8-19(9-11-20)30-24(33)15-32-27(35)23(40-28(32)36)14-17-12-21(29)26(22(13-17)38-2)39-16-25(34)31-18-6-4-3-5-7-18/h3-14H,15-16H2,1-2H3,(H,30,33)(H,31,34)/b23-14+. The molecule has 1 aliphatic rings. The summed E-state index contributed by atoms with van der Waals surface area (Å²) in [6, 6.07) is 19.1. The van der Waals surface area contributed by atoms with Crippen molar-refractivity contribution in [2.24, 2.45) is 0 Å². The van der Waals surface area contributed by atoms with Crippen LogP contribution in [0.2, 0.25) is 0 Å². The summed E-state index contributed by atoms with van der Waals surface area (Å²) in [5.41, 5.74) is 1.74. The lowest BCUT2D eigenvalue weighted by atomic mass is 10.2. The quantitative estimate of drug-likeness (QED) is 0.228. The van der Waals surface area contributed by atoms with Crippen LogP contribution >= 0.6 is 34.4 Å². The van der Waals surface area contributed by atoms with E-state index in [4.69, 9.17) is 14.2 Å². The van der Waals surface area contributed by atoms with Crippen LogP contribution in [0.1, 0.15) is 5.56 Å². The lowest BCUT2D eigenvalue weighted by Crippen LogP contribution is -2.36. The fourth-order valence-electron chi connectivity index (χ4n) is 3.63. The topological polar surface area (TPSA) is 123 Å². The molecule has 0 bridgehead atoms. The first kappa shape index (κ1) is 29.0. The number of anilines is 2. The van der Waals surface area contributed by atoms with Crippen LogP contribution < -0.4 is 24.8 Å². The molecule has 3 aromatic rings. The van der Waals surface area contributed by atoms with Crippen molar-refractivity contribution in [2.75, 3.05) is 38.0 Å². The molecule has 1 aliphatic heterocycles. The van der Waals surface area contributed by atoms with Crippen molar-refractivity contribution in [3.05, 3.63) is 80.8 Å². The van der Waals surface area contributed by atoms with Gasteiger partial charge >= 0.3 is 0 Å². The Bertz CT molecular complexity index is 1460. The molecule has 1 saturated heterocycles. The fraction of sp³-hybridized carbons (Fsp3) is 0.143. The molecule has 4 amide bonds. The second-order valence-corrected chi connectivity index (χ2v) is 10.4. The van der Waals surface area contributed by atoms with Gasteiger partial charge in [-0.3, -0.25) is 24.1 Å². The second-order valence-electron chi connectivity index (χ2n) is 8.28. The molecule has 1 fully saturated rings. The summed E-state index contributed by atoms with van der Waals surface area (Å²) in [6.45, 7) is -0.662. The molecule has 0 spiro atoms. The molecule has 4 rings (SSSR count). The van der Waals surface area contributed by atoms with Crippen molar-refractivity contribution in [3.63, 3.8) is 0 Å². The van der Waals surface area contributed by atoms with Crippen LogP contribution in [-0.4, -0.2) is 55.2 Å². The Morgan fingerprint density at radius 3 is 2.27 bits per heavy atom. The molecule has 0 radical (unpaired) electrons. The van der Waals surface area contributed by atoms with E-state index >= 15 is 0 Å². The first-order chi connectivity index (χ1) is 19.3. The molecule has 0 atom stereocenters. The average Bonchev–Trinajstić information content (AvgIpc) is 3.20. The molecule has 12 heteroatoms. The first-order valence-electron chi connectivity index (χ1n) is 11.8. The maximum absolute atomic E-state index is 12.9. The van der Waals surface area contributed by atoms with E-state index in [1.165, 1.54) is 14.2 Å². The zero-order chi connectivity index (χ0) is 28.6. The second kappa shape index (κ2) is 13.3. The molecule has 2 N–H and O–H groups in total. The van der Waals surface area contributed by atoms with Gasteiger partial charge in [-0.2, -0.15) is 0 Å². The van der Waals surface area contributed by atoms with E-state index in [2.05, 4.69) is 10.6 Å². The number of benzene rings is 3. The Balaban J connectivity index is 1.41. The lowest BCUT2D eigenvalue weighted by molar-refractivity contribution is -0.127. The van der Waals surface area contributed by atoms with Crippen molar-refractivity contribution in [1.29, 1.82) is 0 Å². The largest absolute Gasteiger partial charge is 0.497 e. The monoisotopic (exact) mass is 673 g/mol. The number of nitrogens with one attached hydrogen (secondary N) is 2. The van der Waals surface area contributed by atoms with Crippen molar-refractivity contribution >= 4 is 74.8 Å². The summed E-state index contributed by atoms with van der Waals surface area (Å²) in [4.78, 5) is 51.3. The van der Waals surface area contributed by atoms with Crippen LogP contribution in [-0.2, 0) is 14.4 Å². The Morgan fingerprint density at radius 1 is 0.925 bits per heavy atom. The predicted octanol–water partition coefficient (Wildman–Crippen LogP) is 5.00. The predicted molar refractivity (Wildman–Crippen MR) is 161 cm³/mol. The van der Waals surface area contributed by atoms with E-state index in [-0.39, 0.29) is 17.4 Å². The van der Waals surface area contributed by atoms with Gasteiger partial charge in [-0.15, -0.1) is 0 Å². The number of halogens is 1. The number of nitrogens with zero attached hydrogens (tertiary/aromatic N) is 1. The van der Waals surface area contributed by atoms with E-state index < -0.39 is 23.6 Å². The number of carbonyl (C=O) groups excluding carboxylic acids is 4. The van der Waals surface area contributed by atoms with Crippen molar-refractivity contribution in [2.45, 2.75) is 0 Å². The summed E-state index contributed by atoms with van der Waals surface area (Å²) < 4.78 is 16.9. The van der Waals surface area contributed by atoms with Crippen molar-refractivity contribution in [3.8, 4) is 17.2 Å². The van der Waals surface area contributed by atoms with Crippen LogP contribution in [0.5, 0.6) is 17.2 Å². The van der Waals surface area contributed by atoms with E-state index in [1.807, 2.05) is 40.8 Å². The first-order valence-corrected chi connectivity index (χ1v) is 13.7. The van der Waals surface area contributed by atoms with Gasteiger partial charge in [0.1, 0.15) is 12.3 Å². The minimum absolute atomic E-state index is 0.163. The van der Waals surface area contributed by atoms with E-state index in [1.54, 1.807) is 54.6 Å². The summed E-state index contributed by atoms with van der Waals surface area (Å²) in [7, 11) is 3.00. The molecule has 206 valence electrons. The Kier molecular flexibility index (Phi) is 9.66. The van der Waals surface area contributed by atoms with Crippen LogP contribution in [0.25, 0.3) is 6.08 Å². The third-order valence-corrected chi connectivity index (χ3v) is 7.21. The number of carbonyl (C=O) groups is 4. The minimum atomic E-state index is -0.577. The van der Waals surface area contributed by atoms with Crippen molar-refractivity contribution in [1.82, 2.24) is 4.90 Å². The van der Waals surface area contributed by atoms with Crippen molar-refractivity contribution < 1.29 is 33.4 Å². The Hall–Kier alpha value is -4.04. The number of methoxy groups -OCH3 is 2. The number of hydrogen-bond acceptors (Lipinski definition) is 8. The highest BCUT2D eigenvalue weighted by Gasteiger charge is 2.36. The molecule has 0 aliphatic carbocycles. The number of ether oxygens (including phenoxy) is 3. The third-order valence-electron chi connectivity index (χ3n) is 5.50. The maximum Gasteiger partial charge on any atom is 0.294 e. The van der Waals surface area contributed by atoms with Gasteiger partial charge in [0.05, 0.1) is 22.7 Å². The highest BCUT2D eigenvalue weighted by molar-refractivity contribution is 14.1. The number of hydrogen-bond donors (Lipinski definition) is 2. The minimum Gasteiger partial charge on any atom is -0.497 e. The van der Waals surface area contributed by atoms with E-state index in [0.29, 0.717) is 37.8 Å². The maximum atomic E-state index is 12.9. The molecular formula is C28H24IN3O7S. The third kappa shape index (κ3) is 7.33. The summed E-state index contributed by atoms with van der Waals surface area (Å²) >= 11 is 2.78. The fourth-order valence-corrected chi connectivity index (χ4v) is 5.24. The number of imide groups is 1. The molecule has 3 aromatic carbocycles. The molecule has 1 heterocycles. The van der Waals surface area contributed by atoms with Gasteiger partial charge in [0.15, 0.2) is 18.1 Å². The van der Waals surface area contributed by atoms with Gasteiger partial charge in [-0.1, -0.05) is 18.2 Å². The average molecular weight is 673 g/mol. The lowest BCUT2D eigenvalue weighted by Gasteiger charge is -2.14. The van der Waals surface area contributed by atoms with Gasteiger partial charge < -0.3 is 24.8 Å². The number of para-hydroxylation sites is 1. The zero-order valence-electron chi connectivity index (χ0n) is 21.4. The molecule has 0 saturated carbocycles. The smallest absolute Gasteiger partial charge is 0.294 e. The summed E-state index contributed by atoms with van der Waals surface area (Å²) in [6.07, 6.45) is 1.54. The SMILES string of the molecule is COc1ccc(NC(=O)CN2C(=O)S/C(=C/c3cc(I)c(OCC(=O)Nc4ccccc4)c(OC)c3)C2=O)cc1. The highest BCUT2D eigenvalue weighted by atomic mass is 127. The molecular weight excluding hydrogens is 649 g/mol. The van der Waals surface area contributed by atoms with Crippen LogP contribution in [0.15, 0.2) is 71.6 Å². The summed E-state index contributed by atoms with van der Waals surface area (Å²) in [5.74, 6) is -0.0728. The molecule has 10 nitrogen and oxygen atoms in total. The zero-order valence-corrected chi connectivity index (χ0v) is 24.4. The van der Waals surface area contributed by atoms with Crippen LogP contribution in [0.3, 0.4) is 0 Å². The molecule has 40 heavy (non-hydrogen) atoms.